The van der Waals surface area contributed by atoms with E-state index in [0.29, 0.717) is 0 Å². The maximum absolute atomic E-state index is 2.59. The Labute approximate surface area is 101 Å². The molecular weight excluding hydrogens is 192 g/mol. The first kappa shape index (κ1) is 12.0. The molecule has 0 spiro atoms. The van der Waals surface area contributed by atoms with Crippen molar-refractivity contribution < 1.29 is 0 Å². The van der Waals surface area contributed by atoms with Gasteiger partial charge in [0.05, 0.1) is 0 Å². The number of unbranched alkanes of at least 4 members (excludes halogenated alkanes) is 2. The normalized spacial score (nSPS) is 33.0. The zero-order valence-corrected chi connectivity index (χ0v) is 11.1. The van der Waals surface area contributed by atoms with E-state index in [1.807, 2.05) is 0 Å². The monoisotopic (exact) mass is 218 g/mol. The summed E-state index contributed by atoms with van der Waals surface area (Å²) in [6.45, 7) is 6.96. The van der Waals surface area contributed by atoms with Crippen molar-refractivity contribution in [3.8, 4) is 0 Å². The summed E-state index contributed by atoms with van der Waals surface area (Å²) in [5, 5.41) is 0. The predicted octanol–water partition coefficient (Wildman–Crippen LogP) is 4.97. The van der Waals surface area contributed by atoms with Crippen molar-refractivity contribution in [1.82, 2.24) is 0 Å². The summed E-state index contributed by atoms with van der Waals surface area (Å²) in [4.78, 5) is 0. The van der Waals surface area contributed by atoms with Crippen LogP contribution in [0.25, 0.3) is 0 Å². The molecule has 90 valence electrons. The third-order valence-corrected chi connectivity index (χ3v) is 4.32. The van der Waals surface area contributed by atoms with Gasteiger partial charge in [-0.3, -0.25) is 0 Å². The number of hydrogen-bond acceptors (Lipinski definition) is 0. The van der Waals surface area contributed by atoms with E-state index in [4.69, 9.17) is 0 Å². The first-order valence-corrected chi connectivity index (χ1v) is 7.10. The van der Waals surface area contributed by atoms with Crippen LogP contribution in [0, 0.1) is 23.7 Å². The topological polar surface area (TPSA) is 0 Å². The molecule has 0 amide bonds. The molecule has 2 bridgehead atoms. The molecule has 3 atom stereocenters. The molecule has 1 saturated carbocycles. The molecular formula is C16H26. The Bertz CT molecular complexity index is 282. The fraction of sp³-hybridized carbons (Fsp3) is 0.750. The van der Waals surface area contributed by atoms with Crippen molar-refractivity contribution >= 4 is 0 Å². The van der Waals surface area contributed by atoms with E-state index in [2.05, 4.69) is 39.0 Å². The molecule has 3 unspecified atom stereocenters. The van der Waals surface area contributed by atoms with E-state index in [1.54, 1.807) is 5.57 Å². The van der Waals surface area contributed by atoms with Crippen LogP contribution in [0.15, 0.2) is 23.8 Å². The highest BCUT2D eigenvalue weighted by Crippen LogP contribution is 2.50. The van der Waals surface area contributed by atoms with E-state index in [9.17, 15) is 0 Å². The number of fused-ring (bicyclic) bond motifs is 2. The lowest BCUT2D eigenvalue weighted by Gasteiger charge is -2.21. The Balaban J connectivity index is 1.87. The minimum absolute atomic E-state index is 0.778. The zero-order chi connectivity index (χ0) is 11.5. The minimum Gasteiger partial charge on any atom is -0.0882 e. The van der Waals surface area contributed by atoms with E-state index in [1.165, 1.54) is 32.1 Å². The van der Waals surface area contributed by atoms with Gasteiger partial charge in [0.2, 0.25) is 0 Å². The highest BCUT2D eigenvalue weighted by Gasteiger charge is 2.39. The van der Waals surface area contributed by atoms with Crippen LogP contribution in [0.2, 0.25) is 0 Å². The first-order valence-electron chi connectivity index (χ1n) is 7.10. The van der Waals surface area contributed by atoms with Crippen LogP contribution in [0.5, 0.6) is 0 Å². The summed E-state index contributed by atoms with van der Waals surface area (Å²) in [6.07, 6.45) is 14.3. The smallest absolute Gasteiger partial charge is 0.0162 e. The van der Waals surface area contributed by atoms with Crippen LogP contribution >= 0.6 is 0 Å². The summed E-state index contributed by atoms with van der Waals surface area (Å²) < 4.78 is 0. The van der Waals surface area contributed by atoms with Crippen LogP contribution in [0.4, 0.5) is 0 Å². The van der Waals surface area contributed by atoms with Gasteiger partial charge in [0.25, 0.3) is 0 Å². The molecule has 1 fully saturated rings. The third-order valence-electron chi connectivity index (χ3n) is 4.32. The van der Waals surface area contributed by atoms with E-state index < -0.39 is 0 Å². The minimum atomic E-state index is 0.778. The average Bonchev–Trinajstić information content (AvgIpc) is 2.83. The molecule has 0 saturated heterocycles. The van der Waals surface area contributed by atoms with E-state index in [-0.39, 0.29) is 0 Å². The maximum atomic E-state index is 2.59. The standard InChI is InChI=1S/C16H26/c1-4-5-6-7-8-13-9-15-10-14(13)11-16(15)12(2)3/h7-8,11-15H,4-6,9-10H2,1-3H3. The van der Waals surface area contributed by atoms with Gasteiger partial charge in [-0.05, 0) is 42.9 Å². The second-order valence-electron chi connectivity index (χ2n) is 5.89. The van der Waals surface area contributed by atoms with Gasteiger partial charge in [-0.2, -0.15) is 0 Å². The Morgan fingerprint density at radius 1 is 1.38 bits per heavy atom. The first-order chi connectivity index (χ1) is 7.72. The van der Waals surface area contributed by atoms with Crippen molar-refractivity contribution in [2.45, 2.75) is 52.9 Å². The number of hydrogen-bond donors (Lipinski definition) is 0. The SMILES string of the molecule is CCCCC=CC1CC2CC1C=C2C(C)C. The largest absolute Gasteiger partial charge is 0.0882 e. The highest BCUT2D eigenvalue weighted by molar-refractivity contribution is 5.24. The second-order valence-corrected chi connectivity index (χ2v) is 5.89. The fourth-order valence-electron chi connectivity index (χ4n) is 3.43. The fourth-order valence-corrected chi connectivity index (χ4v) is 3.43. The average molecular weight is 218 g/mol. The summed E-state index contributed by atoms with van der Waals surface area (Å²) in [5.74, 6) is 3.44. The quantitative estimate of drug-likeness (QED) is 0.451. The number of rotatable bonds is 5. The van der Waals surface area contributed by atoms with Crippen molar-refractivity contribution in [2.24, 2.45) is 23.7 Å². The van der Waals surface area contributed by atoms with Crippen molar-refractivity contribution in [2.75, 3.05) is 0 Å². The highest BCUT2D eigenvalue weighted by atomic mass is 14.4. The number of allylic oxidation sites excluding steroid dienone is 4. The van der Waals surface area contributed by atoms with Crippen LogP contribution in [0.1, 0.15) is 52.9 Å². The summed E-state index contributed by atoms with van der Waals surface area (Å²) in [5.41, 5.74) is 1.75. The van der Waals surface area contributed by atoms with Crippen LogP contribution < -0.4 is 0 Å². The summed E-state index contributed by atoms with van der Waals surface area (Å²) in [6, 6.07) is 0. The Morgan fingerprint density at radius 2 is 2.19 bits per heavy atom. The molecule has 0 aromatic heterocycles. The molecule has 0 aliphatic heterocycles. The molecule has 0 heterocycles. The molecule has 16 heavy (non-hydrogen) atoms. The molecule has 0 nitrogen and oxygen atoms in total. The molecule has 2 rings (SSSR count). The van der Waals surface area contributed by atoms with Crippen LogP contribution in [-0.2, 0) is 0 Å². The Morgan fingerprint density at radius 3 is 2.75 bits per heavy atom. The van der Waals surface area contributed by atoms with E-state index in [0.717, 1.165) is 23.7 Å². The predicted molar refractivity (Wildman–Crippen MR) is 71.3 cm³/mol. The van der Waals surface area contributed by atoms with E-state index >= 15 is 0 Å². The lowest BCUT2D eigenvalue weighted by molar-refractivity contribution is 0.513. The third kappa shape index (κ3) is 2.42. The molecule has 2 aliphatic carbocycles. The molecule has 0 aromatic carbocycles. The van der Waals surface area contributed by atoms with Crippen LogP contribution in [-0.4, -0.2) is 0 Å². The molecule has 2 aliphatic rings. The van der Waals surface area contributed by atoms with Gasteiger partial charge in [0.1, 0.15) is 0 Å². The lowest BCUT2D eigenvalue weighted by atomic mass is 9.85. The van der Waals surface area contributed by atoms with Gasteiger partial charge in [-0.25, -0.2) is 0 Å². The van der Waals surface area contributed by atoms with Gasteiger partial charge in [-0.15, -0.1) is 0 Å². The summed E-state index contributed by atoms with van der Waals surface area (Å²) in [7, 11) is 0. The Kier molecular flexibility index (Phi) is 3.89. The molecule has 0 heteroatoms. The van der Waals surface area contributed by atoms with Crippen LogP contribution in [0.3, 0.4) is 0 Å². The molecule has 0 N–H and O–H groups in total. The van der Waals surface area contributed by atoms with Gasteiger partial charge < -0.3 is 0 Å². The zero-order valence-electron chi connectivity index (χ0n) is 11.1. The summed E-state index contributed by atoms with van der Waals surface area (Å²) >= 11 is 0. The van der Waals surface area contributed by atoms with Crippen molar-refractivity contribution in [1.29, 1.82) is 0 Å². The maximum Gasteiger partial charge on any atom is -0.0162 e. The molecule has 0 aromatic rings. The van der Waals surface area contributed by atoms with Crippen molar-refractivity contribution in [3.63, 3.8) is 0 Å². The lowest BCUT2D eigenvalue weighted by Crippen LogP contribution is -2.09. The van der Waals surface area contributed by atoms with Crippen molar-refractivity contribution in [3.05, 3.63) is 23.8 Å². The van der Waals surface area contributed by atoms with Gasteiger partial charge in [-0.1, -0.05) is 57.4 Å². The van der Waals surface area contributed by atoms with Gasteiger partial charge >= 0.3 is 0 Å². The van der Waals surface area contributed by atoms with Gasteiger partial charge in [0, 0.05) is 0 Å². The molecule has 0 radical (unpaired) electrons. The second kappa shape index (κ2) is 5.21. The Hall–Kier alpha value is -0.520. The van der Waals surface area contributed by atoms with Gasteiger partial charge in [0.15, 0.2) is 0 Å².